The highest BCUT2D eigenvalue weighted by Crippen LogP contribution is 2.24. The maximum atomic E-state index is 12.4. The first kappa shape index (κ1) is 20.6. The Morgan fingerprint density at radius 2 is 2.19 bits per heavy atom. The Balaban J connectivity index is 1.51. The molecule has 0 aromatic carbocycles. The van der Waals surface area contributed by atoms with Crippen LogP contribution in [0.1, 0.15) is 39.2 Å². The minimum Gasteiger partial charge on any atom is -0.444 e. The van der Waals surface area contributed by atoms with Crippen molar-refractivity contribution in [2.24, 2.45) is 0 Å². The first-order valence-electron chi connectivity index (χ1n) is 10.3. The summed E-state index contributed by atoms with van der Waals surface area (Å²) < 4.78 is 7.20. The molecule has 4 rings (SSSR count). The van der Waals surface area contributed by atoms with Crippen molar-refractivity contribution < 1.29 is 9.53 Å². The van der Waals surface area contributed by atoms with Crippen LogP contribution in [0, 0.1) is 11.3 Å². The smallest absolute Gasteiger partial charge is 0.410 e. The van der Waals surface area contributed by atoms with Gasteiger partial charge in [-0.1, -0.05) is 0 Å². The lowest BCUT2D eigenvalue weighted by molar-refractivity contribution is 0.0206. The van der Waals surface area contributed by atoms with Crippen molar-refractivity contribution >= 4 is 17.4 Å². The second kappa shape index (κ2) is 8.22. The number of amides is 1. The average Bonchev–Trinajstić information content (AvgIpc) is 3.16. The summed E-state index contributed by atoms with van der Waals surface area (Å²) in [4.78, 5) is 23.2. The fraction of sp³-hybridized carbons (Fsp3) is 0.409. The van der Waals surface area contributed by atoms with Gasteiger partial charge in [-0.3, -0.25) is 0 Å². The Morgan fingerprint density at radius 3 is 2.97 bits per heavy atom. The Labute approximate surface area is 180 Å². The molecule has 9 heteroatoms. The van der Waals surface area contributed by atoms with Crippen LogP contribution in [0.2, 0.25) is 0 Å². The van der Waals surface area contributed by atoms with E-state index in [9.17, 15) is 10.1 Å². The standard InChI is InChI=1S/C22H25N7O2/c1-22(2,3)31-21(30)28-9-4-5-16(14-28)26-19-6-8-24-20(27-19)17-13-25-29-10-7-15(12-23)11-18(17)29/h6-8,10-11,13,16H,4-5,9,14H2,1-3H3,(H,24,26,27). The molecule has 1 fully saturated rings. The molecule has 1 aliphatic heterocycles. The van der Waals surface area contributed by atoms with E-state index in [1.807, 2.05) is 26.8 Å². The number of rotatable bonds is 3. The molecule has 1 saturated heterocycles. The van der Waals surface area contributed by atoms with Gasteiger partial charge >= 0.3 is 6.09 Å². The van der Waals surface area contributed by atoms with Gasteiger partial charge in [-0.2, -0.15) is 10.4 Å². The molecule has 0 saturated carbocycles. The highest BCUT2D eigenvalue weighted by atomic mass is 16.6. The van der Waals surface area contributed by atoms with Gasteiger partial charge in [0.05, 0.1) is 28.9 Å². The summed E-state index contributed by atoms with van der Waals surface area (Å²) in [6.07, 6.45) is 6.66. The predicted molar refractivity (Wildman–Crippen MR) is 115 cm³/mol. The number of piperidine rings is 1. The minimum atomic E-state index is -0.515. The van der Waals surface area contributed by atoms with Gasteiger partial charge in [0.25, 0.3) is 0 Å². The number of aromatic nitrogens is 4. The van der Waals surface area contributed by atoms with Crippen LogP contribution in [0.5, 0.6) is 0 Å². The van der Waals surface area contributed by atoms with E-state index in [1.165, 1.54) is 0 Å². The monoisotopic (exact) mass is 419 g/mol. The molecule has 0 spiro atoms. The zero-order chi connectivity index (χ0) is 22.0. The van der Waals surface area contributed by atoms with Crippen molar-refractivity contribution in [1.82, 2.24) is 24.5 Å². The largest absolute Gasteiger partial charge is 0.444 e. The molecule has 0 bridgehead atoms. The number of nitrogens with one attached hydrogen (secondary N) is 1. The number of hydrogen-bond acceptors (Lipinski definition) is 7. The number of fused-ring (bicyclic) bond motifs is 1. The molecule has 4 heterocycles. The van der Waals surface area contributed by atoms with Gasteiger partial charge in [0.15, 0.2) is 5.82 Å². The van der Waals surface area contributed by atoms with Crippen LogP contribution in [0.15, 0.2) is 36.8 Å². The molecule has 3 aromatic rings. The van der Waals surface area contributed by atoms with Gasteiger partial charge in [0.1, 0.15) is 11.4 Å². The average molecular weight is 419 g/mol. The molecule has 0 radical (unpaired) electrons. The van der Waals surface area contributed by atoms with Crippen LogP contribution in [0.4, 0.5) is 10.6 Å². The highest BCUT2D eigenvalue weighted by molar-refractivity contribution is 5.77. The quantitative estimate of drug-likeness (QED) is 0.692. The van der Waals surface area contributed by atoms with Gasteiger partial charge < -0.3 is 15.0 Å². The first-order valence-corrected chi connectivity index (χ1v) is 10.3. The van der Waals surface area contributed by atoms with E-state index in [-0.39, 0.29) is 12.1 Å². The van der Waals surface area contributed by atoms with Gasteiger partial charge in [-0.15, -0.1) is 0 Å². The molecular formula is C22H25N7O2. The highest BCUT2D eigenvalue weighted by Gasteiger charge is 2.27. The number of carbonyl (C=O) groups excluding carboxylic acids is 1. The molecule has 3 aromatic heterocycles. The van der Waals surface area contributed by atoms with E-state index in [1.54, 1.807) is 40.1 Å². The van der Waals surface area contributed by atoms with Crippen LogP contribution in [-0.2, 0) is 4.74 Å². The SMILES string of the molecule is CC(C)(C)OC(=O)N1CCCC(Nc2ccnc(-c3cnn4ccc(C#N)cc34)n2)C1. The number of carbonyl (C=O) groups is 1. The van der Waals surface area contributed by atoms with Crippen molar-refractivity contribution in [2.75, 3.05) is 18.4 Å². The minimum absolute atomic E-state index is 0.0677. The molecular weight excluding hydrogens is 394 g/mol. The van der Waals surface area contributed by atoms with E-state index >= 15 is 0 Å². The Morgan fingerprint density at radius 1 is 1.35 bits per heavy atom. The summed E-state index contributed by atoms with van der Waals surface area (Å²) in [6, 6.07) is 7.50. The summed E-state index contributed by atoms with van der Waals surface area (Å²) in [5, 5.41) is 16.9. The van der Waals surface area contributed by atoms with Crippen molar-refractivity contribution in [3.8, 4) is 17.5 Å². The fourth-order valence-corrected chi connectivity index (χ4v) is 3.59. The van der Waals surface area contributed by atoms with Crippen LogP contribution < -0.4 is 5.32 Å². The summed E-state index contributed by atoms with van der Waals surface area (Å²) in [6.45, 7) is 6.84. The van der Waals surface area contributed by atoms with Crippen LogP contribution in [-0.4, -0.2) is 55.3 Å². The summed E-state index contributed by atoms with van der Waals surface area (Å²) in [7, 11) is 0. The van der Waals surface area contributed by atoms with Crippen molar-refractivity contribution in [1.29, 1.82) is 5.26 Å². The van der Waals surface area contributed by atoms with Gasteiger partial charge in [-0.25, -0.2) is 19.3 Å². The number of pyridine rings is 1. The topological polar surface area (TPSA) is 108 Å². The molecule has 1 aliphatic rings. The van der Waals surface area contributed by atoms with Gasteiger partial charge in [0.2, 0.25) is 0 Å². The van der Waals surface area contributed by atoms with E-state index in [0.717, 1.165) is 23.9 Å². The maximum absolute atomic E-state index is 12.4. The number of nitrogens with zero attached hydrogens (tertiary/aromatic N) is 6. The summed E-state index contributed by atoms with van der Waals surface area (Å²) in [5.41, 5.74) is 1.55. The van der Waals surface area contributed by atoms with Gasteiger partial charge in [0, 0.05) is 31.5 Å². The van der Waals surface area contributed by atoms with Crippen molar-refractivity contribution in [3.63, 3.8) is 0 Å². The lowest BCUT2D eigenvalue weighted by Gasteiger charge is -2.34. The molecule has 9 nitrogen and oxygen atoms in total. The van der Waals surface area contributed by atoms with E-state index in [2.05, 4.69) is 26.5 Å². The molecule has 1 N–H and O–H groups in total. The van der Waals surface area contributed by atoms with Crippen molar-refractivity contribution in [2.45, 2.75) is 45.3 Å². The summed E-state index contributed by atoms with van der Waals surface area (Å²) in [5.74, 6) is 1.20. The number of anilines is 1. The van der Waals surface area contributed by atoms with Crippen LogP contribution >= 0.6 is 0 Å². The van der Waals surface area contributed by atoms with E-state index < -0.39 is 5.60 Å². The number of ether oxygens (including phenoxy) is 1. The van der Waals surface area contributed by atoms with E-state index in [0.29, 0.717) is 30.3 Å². The fourth-order valence-electron chi connectivity index (χ4n) is 3.59. The van der Waals surface area contributed by atoms with Crippen LogP contribution in [0.3, 0.4) is 0 Å². The van der Waals surface area contributed by atoms with E-state index in [4.69, 9.17) is 4.74 Å². The zero-order valence-corrected chi connectivity index (χ0v) is 17.9. The molecule has 31 heavy (non-hydrogen) atoms. The number of hydrogen-bond donors (Lipinski definition) is 1. The van der Waals surface area contributed by atoms with Crippen molar-refractivity contribution in [3.05, 3.63) is 42.4 Å². The van der Waals surface area contributed by atoms with Crippen LogP contribution in [0.25, 0.3) is 16.9 Å². The third-order valence-corrected chi connectivity index (χ3v) is 4.97. The second-order valence-corrected chi connectivity index (χ2v) is 8.59. The normalized spacial score (nSPS) is 16.7. The number of nitriles is 1. The molecule has 1 amide bonds. The lowest BCUT2D eigenvalue weighted by atomic mass is 10.1. The number of likely N-dealkylation sites (tertiary alicyclic amines) is 1. The lowest BCUT2D eigenvalue weighted by Crippen LogP contribution is -2.47. The second-order valence-electron chi connectivity index (χ2n) is 8.59. The predicted octanol–water partition coefficient (Wildman–Crippen LogP) is 3.47. The summed E-state index contributed by atoms with van der Waals surface area (Å²) >= 11 is 0. The Hall–Kier alpha value is -3.67. The van der Waals surface area contributed by atoms with Gasteiger partial charge in [-0.05, 0) is 51.8 Å². The maximum Gasteiger partial charge on any atom is 0.410 e. The third-order valence-electron chi connectivity index (χ3n) is 4.97. The first-order chi connectivity index (χ1) is 14.8. The zero-order valence-electron chi connectivity index (χ0n) is 17.9. The molecule has 1 unspecified atom stereocenters. The Bertz CT molecular complexity index is 1140. The third kappa shape index (κ3) is 4.74. The molecule has 160 valence electrons. The molecule has 1 atom stereocenters. The molecule has 0 aliphatic carbocycles. The Kier molecular flexibility index (Phi) is 5.46.